The summed E-state index contributed by atoms with van der Waals surface area (Å²) in [6.07, 6.45) is 1.68. The zero-order valence-electron chi connectivity index (χ0n) is 15.4. The number of aryl methyl sites for hydroxylation is 2. The van der Waals surface area contributed by atoms with Crippen molar-refractivity contribution in [1.82, 2.24) is 0 Å². The average Bonchev–Trinajstić information content (AvgIpc) is 2.57. The van der Waals surface area contributed by atoms with Gasteiger partial charge in [0.15, 0.2) is 0 Å². The molecule has 5 nitrogen and oxygen atoms in total. The monoisotopic (exact) mass is 428 g/mol. The standard InChI is InChI=1S/C19H22Cl2N2O3S/c1-13-6-7-15(11-14(13)2)22-19(24)5-4-10-23(27(3,25)26)16-8-9-17(20)18(21)12-16/h6-9,11-12H,4-5,10H2,1-3H3,(H,22,24). The van der Waals surface area contributed by atoms with Gasteiger partial charge in [-0.15, -0.1) is 0 Å². The maximum Gasteiger partial charge on any atom is 0.232 e. The van der Waals surface area contributed by atoms with Crippen LogP contribution in [-0.2, 0) is 14.8 Å². The highest BCUT2D eigenvalue weighted by atomic mass is 35.5. The van der Waals surface area contributed by atoms with Gasteiger partial charge in [-0.2, -0.15) is 0 Å². The number of anilines is 2. The third kappa shape index (κ3) is 6.13. The topological polar surface area (TPSA) is 66.5 Å². The number of nitrogens with zero attached hydrogens (tertiary/aromatic N) is 1. The number of halogens is 2. The van der Waals surface area contributed by atoms with Crippen LogP contribution < -0.4 is 9.62 Å². The number of carbonyl (C=O) groups is 1. The van der Waals surface area contributed by atoms with Crippen molar-refractivity contribution in [1.29, 1.82) is 0 Å². The fourth-order valence-corrected chi connectivity index (χ4v) is 3.80. The van der Waals surface area contributed by atoms with Gasteiger partial charge in [-0.3, -0.25) is 9.10 Å². The van der Waals surface area contributed by atoms with Gasteiger partial charge in [-0.1, -0.05) is 29.3 Å². The number of hydrogen-bond donors (Lipinski definition) is 1. The van der Waals surface area contributed by atoms with Crippen molar-refractivity contribution in [3.63, 3.8) is 0 Å². The van der Waals surface area contributed by atoms with Crippen molar-refractivity contribution >= 4 is 50.5 Å². The molecule has 0 saturated heterocycles. The molecule has 0 heterocycles. The first kappa shape index (κ1) is 21.5. The summed E-state index contributed by atoms with van der Waals surface area (Å²) < 4.78 is 25.4. The predicted molar refractivity (Wildman–Crippen MR) is 112 cm³/mol. The summed E-state index contributed by atoms with van der Waals surface area (Å²) in [6.45, 7) is 4.15. The van der Waals surface area contributed by atoms with E-state index in [9.17, 15) is 13.2 Å². The smallest absolute Gasteiger partial charge is 0.232 e. The molecule has 1 N–H and O–H groups in total. The highest BCUT2D eigenvalue weighted by Gasteiger charge is 2.18. The van der Waals surface area contributed by atoms with E-state index in [4.69, 9.17) is 23.2 Å². The maximum absolute atomic E-state index is 12.2. The summed E-state index contributed by atoms with van der Waals surface area (Å²) >= 11 is 11.9. The lowest BCUT2D eigenvalue weighted by molar-refractivity contribution is -0.116. The first-order valence-electron chi connectivity index (χ1n) is 8.38. The molecule has 1 amide bonds. The van der Waals surface area contributed by atoms with Crippen molar-refractivity contribution in [3.05, 3.63) is 57.6 Å². The van der Waals surface area contributed by atoms with E-state index in [0.29, 0.717) is 17.1 Å². The number of carbonyl (C=O) groups excluding carboxylic acids is 1. The third-order valence-electron chi connectivity index (χ3n) is 4.15. The molecule has 2 rings (SSSR count). The summed E-state index contributed by atoms with van der Waals surface area (Å²) in [4.78, 5) is 12.2. The van der Waals surface area contributed by atoms with Crippen LogP contribution in [-0.4, -0.2) is 27.1 Å². The van der Waals surface area contributed by atoms with Gasteiger partial charge in [0.1, 0.15) is 0 Å². The van der Waals surface area contributed by atoms with Gasteiger partial charge in [-0.25, -0.2) is 8.42 Å². The Labute approximate surface area is 170 Å². The number of nitrogens with one attached hydrogen (secondary N) is 1. The van der Waals surface area contributed by atoms with Crippen LogP contribution in [0.25, 0.3) is 0 Å². The molecule has 8 heteroatoms. The lowest BCUT2D eigenvalue weighted by atomic mass is 10.1. The summed E-state index contributed by atoms with van der Waals surface area (Å²) in [5.41, 5.74) is 3.39. The van der Waals surface area contributed by atoms with Crippen LogP contribution in [0.1, 0.15) is 24.0 Å². The van der Waals surface area contributed by atoms with E-state index in [0.717, 1.165) is 23.1 Å². The molecular weight excluding hydrogens is 407 g/mol. The van der Waals surface area contributed by atoms with Crippen molar-refractivity contribution in [2.75, 3.05) is 22.4 Å². The molecule has 0 radical (unpaired) electrons. The molecule has 0 aliphatic heterocycles. The number of hydrogen-bond acceptors (Lipinski definition) is 3. The summed E-state index contributed by atoms with van der Waals surface area (Å²) in [5.74, 6) is -0.166. The quantitative estimate of drug-likeness (QED) is 0.688. The molecular formula is C19H22Cl2N2O3S. The minimum Gasteiger partial charge on any atom is -0.326 e. The molecule has 0 atom stereocenters. The first-order chi connectivity index (χ1) is 12.6. The zero-order valence-corrected chi connectivity index (χ0v) is 17.7. The van der Waals surface area contributed by atoms with Crippen LogP contribution >= 0.6 is 23.2 Å². The van der Waals surface area contributed by atoms with Crippen LogP contribution in [0.15, 0.2) is 36.4 Å². The molecule has 0 unspecified atom stereocenters. The second-order valence-electron chi connectivity index (χ2n) is 6.38. The first-order valence-corrected chi connectivity index (χ1v) is 11.0. The van der Waals surface area contributed by atoms with E-state index in [1.165, 1.54) is 10.4 Å². The molecule has 0 spiro atoms. The molecule has 0 bridgehead atoms. The van der Waals surface area contributed by atoms with Crippen LogP contribution in [0.2, 0.25) is 10.0 Å². The highest BCUT2D eigenvalue weighted by Crippen LogP contribution is 2.28. The number of sulfonamides is 1. The van der Waals surface area contributed by atoms with Gasteiger partial charge in [0.2, 0.25) is 15.9 Å². The molecule has 0 fully saturated rings. The average molecular weight is 429 g/mol. The highest BCUT2D eigenvalue weighted by molar-refractivity contribution is 7.92. The van der Waals surface area contributed by atoms with Crippen LogP contribution in [0, 0.1) is 13.8 Å². The van der Waals surface area contributed by atoms with Crippen molar-refractivity contribution in [2.24, 2.45) is 0 Å². The Hall–Kier alpha value is -1.76. The normalized spacial score (nSPS) is 11.3. The lowest BCUT2D eigenvalue weighted by Gasteiger charge is -2.22. The Morgan fingerprint density at radius 3 is 2.33 bits per heavy atom. The van der Waals surface area contributed by atoms with Crippen molar-refractivity contribution in [3.8, 4) is 0 Å². The van der Waals surface area contributed by atoms with Gasteiger partial charge in [0.05, 0.1) is 22.0 Å². The van der Waals surface area contributed by atoms with Crippen LogP contribution in [0.4, 0.5) is 11.4 Å². The zero-order chi connectivity index (χ0) is 20.2. The number of rotatable bonds is 7. The summed E-state index contributed by atoms with van der Waals surface area (Å²) in [7, 11) is -3.51. The minimum atomic E-state index is -3.51. The van der Waals surface area contributed by atoms with Crippen molar-refractivity contribution < 1.29 is 13.2 Å². The Morgan fingerprint density at radius 2 is 1.74 bits per heavy atom. The molecule has 2 aromatic carbocycles. The Balaban J connectivity index is 1.99. The Morgan fingerprint density at radius 1 is 1.04 bits per heavy atom. The summed E-state index contributed by atoms with van der Waals surface area (Å²) in [6, 6.07) is 10.3. The Kier molecular flexibility index (Phi) is 7.14. The maximum atomic E-state index is 12.2. The molecule has 2 aromatic rings. The second-order valence-corrected chi connectivity index (χ2v) is 9.11. The fraction of sp³-hybridized carbons (Fsp3) is 0.316. The van der Waals surface area contributed by atoms with Gasteiger partial charge in [0.25, 0.3) is 0 Å². The van der Waals surface area contributed by atoms with Crippen molar-refractivity contribution in [2.45, 2.75) is 26.7 Å². The van der Waals surface area contributed by atoms with E-state index in [1.807, 2.05) is 32.0 Å². The van der Waals surface area contributed by atoms with Gasteiger partial charge >= 0.3 is 0 Å². The molecule has 0 aliphatic rings. The fourth-order valence-electron chi connectivity index (χ4n) is 2.55. The molecule has 0 aromatic heterocycles. The molecule has 0 aliphatic carbocycles. The largest absolute Gasteiger partial charge is 0.326 e. The third-order valence-corrected chi connectivity index (χ3v) is 6.08. The van der Waals surface area contributed by atoms with E-state index in [2.05, 4.69) is 5.32 Å². The minimum absolute atomic E-state index is 0.164. The van der Waals surface area contributed by atoms with E-state index >= 15 is 0 Å². The number of amides is 1. The van der Waals surface area contributed by atoms with Gasteiger partial charge in [-0.05, 0) is 61.7 Å². The van der Waals surface area contributed by atoms with E-state index < -0.39 is 10.0 Å². The lowest BCUT2D eigenvalue weighted by Crippen LogP contribution is -2.31. The summed E-state index contributed by atoms with van der Waals surface area (Å²) in [5, 5.41) is 3.46. The van der Waals surface area contributed by atoms with E-state index in [1.54, 1.807) is 12.1 Å². The van der Waals surface area contributed by atoms with Gasteiger partial charge < -0.3 is 5.32 Å². The van der Waals surface area contributed by atoms with Crippen LogP contribution in [0.3, 0.4) is 0 Å². The molecule has 0 saturated carbocycles. The second kappa shape index (κ2) is 8.95. The van der Waals surface area contributed by atoms with E-state index in [-0.39, 0.29) is 23.9 Å². The van der Waals surface area contributed by atoms with Gasteiger partial charge in [0, 0.05) is 18.7 Å². The predicted octanol–water partition coefficient (Wildman–Crippen LogP) is 4.80. The molecule has 146 valence electrons. The number of benzene rings is 2. The molecule has 27 heavy (non-hydrogen) atoms. The SMILES string of the molecule is Cc1ccc(NC(=O)CCCN(c2ccc(Cl)c(Cl)c2)S(C)(=O)=O)cc1C. The van der Waals surface area contributed by atoms with Crippen LogP contribution in [0.5, 0.6) is 0 Å². The Bertz CT molecular complexity index is 946.